The van der Waals surface area contributed by atoms with Gasteiger partial charge in [0.05, 0.1) is 6.61 Å². The molecule has 0 aliphatic heterocycles. The number of hydrogen-bond acceptors (Lipinski definition) is 3. The van der Waals surface area contributed by atoms with Crippen molar-refractivity contribution in [2.75, 3.05) is 6.61 Å². The summed E-state index contributed by atoms with van der Waals surface area (Å²) in [4.78, 5) is 0. The highest BCUT2D eigenvalue weighted by Crippen LogP contribution is 2.16. The molecule has 0 fully saturated rings. The molecule has 13 heavy (non-hydrogen) atoms. The Kier molecular flexibility index (Phi) is 3.36. The first kappa shape index (κ1) is 10.1. The molecule has 1 aromatic carbocycles. The number of benzene rings is 1. The van der Waals surface area contributed by atoms with E-state index in [0.717, 1.165) is 0 Å². The van der Waals surface area contributed by atoms with E-state index in [4.69, 9.17) is 10.2 Å². The maximum Gasteiger partial charge on any atom is 0.123 e. The Morgan fingerprint density at radius 3 is 2.15 bits per heavy atom. The maximum absolute atomic E-state index is 12.4. The predicted molar refractivity (Wildman–Crippen MR) is 44.5 cm³/mol. The summed E-state index contributed by atoms with van der Waals surface area (Å²) in [6.45, 7) is -0.529. The highest BCUT2D eigenvalue weighted by molar-refractivity contribution is 5.19. The molecule has 0 aliphatic rings. The minimum atomic E-state index is -1.23. The monoisotopic (exact) mass is 186 g/mol. The van der Waals surface area contributed by atoms with E-state index in [9.17, 15) is 9.50 Å². The molecule has 2 atom stereocenters. The van der Waals surface area contributed by atoms with Gasteiger partial charge in [-0.1, -0.05) is 12.1 Å². The van der Waals surface area contributed by atoms with E-state index < -0.39 is 24.6 Å². The molecule has 0 saturated heterocycles. The van der Waals surface area contributed by atoms with Gasteiger partial charge >= 0.3 is 0 Å². The van der Waals surface area contributed by atoms with Crippen LogP contribution in [0.4, 0.5) is 4.39 Å². The summed E-state index contributed by atoms with van der Waals surface area (Å²) >= 11 is 0. The lowest BCUT2D eigenvalue weighted by molar-refractivity contribution is -0.0152. The van der Waals surface area contributed by atoms with Crippen LogP contribution in [0.15, 0.2) is 24.3 Å². The van der Waals surface area contributed by atoms with Gasteiger partial charge in [0.1, 0.15) is 18.0 Å². The highest BCUT2D eigenvalue weighted by Gasteiger charge is 2.16. The average Bonchev–Trinajstić information content (AvgIpc) is 2.17. The Morgan fingerprint density at radius 1 is 1.15 bits per heavy atom. The van der Waals surface area contributed by atoms with Crippen LogP contribution in [-0.4, -0.2) is 28.0 Å². The zero-order chi connectivity index (χ0) is 9.84. The number of rotatable bonds is 3. The van der Waals surface area contributed by atoms with Crippen LogP contribution < -0.4 is 0 Å². The normalized spacial score (nSPS) is 15.4. The first-order valence-corrected chi connectivity index (χ1v) is 3.87. The van der Waals surface area contributed by atoms with Crippen molar-refractivity contribution >= 4 is 0 Å². The summed E-state index contributed by atoms with van der Waals surface area (Å²) in [6, 6.07) is 5.09. The lowest BCUT2D eigenvalue weighted by Gasteiger charge is -2.15. The van der Waals surface area contributed by atoms with E-state index >= 15 is 0 Å². The van der Waals surface area contributed by atoms with Crippen molar-refractivity contribution in [1.82, 2.24) is 0 Å². The number of aliphatic hydroxyl groups excluding tert-OH is 3. The molecule has 0 aliphatic carbocycles. The fraction of sp³-hybridized carbons (Fsp3) is 0.333. The molecule has 0 radical (unpaired) electrons. The summed E-state index contributed by atoms with van der Waals surface area (Å²) < 4.78 is 12.4. The zero-order valence-electron chi connectivity index (χ0n) is 6.89. The van der Waals surface area contributed by atoms with Gasteiger partial charge < -0.3 is 15.3 Å². The second-order valence-electron chi connectivity index (χ2n) is 2.75. The Bertz CT molecular complexity index is 260. The van der Waals surface area contributed by atoms with E-state index in [1.54, 1.807) is 0 Å². The predicted octanol–water partition coefficient (Wildman–Crippen LogP) is 0.212. The standard InChI is InChI=1S/C9H11FO3/c10-7-3-1-6(2-4-7)9(13)8(12)5-11/h1-4,8-9,11-13H,5H2. The van der Waals surface area contributed by atoms with Gasteiger partial charge in [-0.2, -0.15) is 0 Å². The second-order valence-corrected chi connectivity index (χ2v) is 2.75. The largest absolute Gasteiger partial charge is 0.394 e. The zero-order valence-corrected chi connectivity index (χ0v) is 6.89. The minimum absolute atomic E-state index is 0.378. The lowest BCUT2D eigenvalue weighted by atomic mass is 10.1. The van der Waals surface area contributed by atoms with Crippen molar-refractivity contribution in [1.29, 1.82) is 0 Å². The molecular formula is C9H11FO3. The van der Waals surface area contributed by atoms with Crippen molar-refractivity contribution in [3.05, 3.63) is 35.6 Å². The van der Waals surface area contributed by atoms with Crippen molar-refractivity contribution in [3.63, 3.8) is 0 Å². The molecule has 0 saturated carbocycles. The van der Waals surface area contributed by atoms with Gasteiger partial charge in [0, 0.05) is 0 Å². The van der Waals surface area contributed by atoms with Crippen molar-refractivity contribution in [2.45, 2.75) is 12.2 Å². The SMILES string of the molecule is OCC(O)C(O)c1ccc(F)cc1. The molecule has 0 amide bonds. The molecule has 72 valence electrons. The summed E-state index contributed by atoms with van der Waals surface area (Å²) in [7, 11) is 0. The number of aliphatic hydroxyl groups is 3. The molecule has 0 heterocycles. The number of hydrogen-bond donors (Lipinski definition) is 3. The van der Waals surface area contributed by atoms with Gasteiger partial charge in [-0.25, -0.2) is 4.39 Å². The smallest absolute Gasteiger partial charge is 0.123 e. The molecule has 2 unspecified atom stereocenters. The molecule has 3 nitrogen and oxygen atoms in total. The topological polar surface area (TPSA) is 60.7 Å². The molecule has 1 aromatic rings. The van der Waals surface area contributed by atoms with Gasteiger partial charge in [-0.05, 0) is 17.7 Å². The summed E-state index contributed by atoms with van der Waals surface area (Å²) in [6.07, 6.45) is -2.41. The molecule has 4 heteroatoms. The Balaban J connectivity index is 2.77. The van der Waals surface area contributed by atoms with Crippen molar-refractivity contribution < 1.29 is 19.7 Å². The highest BCUT2D eigenvalue weighted by atomic mass is 19.1. The van der Waals surface area contributed by atoms with Crippen LogP contribution in [0, 0.1) is 5.82 Å². The molecule has 3 N–H and O–H groups in total. The first-order chi connectivity index (χ1) is 6.15. The molecule has 0 bridgehead atoms. The van der Waals surface area contributed by atoms with Crippen LogP contribution in [0.5, 0.6) is 0 Å². The van der Waals surface area contributed by atoms with E-state index in [1.807, 2.05) is 0 Å². The van der Waals surface area contributed by atoms with E-state index in [0.29, 0.717) is 5.56 Å². The fourth-order valence-electron chi connectivity index (χ4n) is 0.982. The Hall–Kier alpha value is -0.970. The van der Waals surface area contributed by atoms with Crippen LogP contribution in [0.2, 0.25) is 0 Å². The minimum Gasteiger partial charge on any atom is -0.394 e. The third kappa shape index (κ3) is 2.48. The summed E-state index contributed by atoms with van der Waals surface area (Å²) in [5.74, 6) is -0.408. The maximum atomic E-state index is 12.4. The molecule has 0 aromatic heterocycles. The Morgan fingerprint density at radius 2 is 1.69 bits per heavy atom. The van der Waals surface area contributed by atoms with Gasteiger partial charge in [-0.15, -0.1) is 0 Å². The summed E-state index contributed by atoms with van der Waals surface area (Å²) in [5, 5.41) is 26.9. The van der Waals surface area contributed by atoms with Crippen LogP contribution >= 0.6 is 0 Å². The molecule has 0 spiro atoms. The van der Waals surface area contributed by atoms with Crippen molar-refractivity contribution in [3.8, 4) is 0 Å². The van der Waals surface area contributed by atoms with E-state index in [2.05, 4.69) is 0 Å². The van der Waals surface area contributed by atoms with Crippen LogP contribution in [-0.2, 0) is 0 Å². The van der Waals surface area contributed by atoms with E-state index in [1.165, 1.54) is 24.3 Å². The Labute approximate surface area is 75.1 Å². The van der Waals surface area contributed by atoms with Gasteiger partial charge in [-0.3, -0.25) is 0 Å². The van der Waals surface area contributed by atoms with E-state index in [-0.39, 0.29) is 0 Å². The number of halogens is 1. The van der Waals surface area contributed by atoms with Crippen LogP contribution in [0.3, 0.4) is 0 Å². The fourth-order valence-corrected chi connectivity index (χ4v) is 0.982. The van der Waals surface area contributed by atoms with Gasteiger partial charge in [0.25, 0.3) is 0 Å². The molecule has 1 rings (SSSR count). The summed E-state index contributed by atoms with van der Waals surface area (Å²) in [5.41, 5.74) is 0.378. The van der Waals surface area contributed by atoms with Gasteiger partial charge in [0.2, 0.25) is 0 Å². The average molecular weight is 186 g/mol. The quantitative estimate of drug-likeness (QED) is 0.632. The first-order valence-electron chi connectivity index (χ1n) is 3.87. The van der Waals surface area contributed by atoms with Crippen LogP contribution in [0.25, 0.3) is 0 Å². The third-order valence-electron chi connectivity index (χ3n) is 1.76. The second kappa shape index (κ2) is 4.32. The lowest BCUT2D eigenvalue weighted by Crippen LogP contribution is -2.21. The van der Waals surface area contributed by atoms with Crippen molar-refractivity contribution in [2.24, 2.45) is 0 Å². The molecular weight excluding hydrogens is 175 g/mol. The van der Waals surface area contributed by atoms with Gasteiger partial charge in [0.15, 0.2) is 0 Å². The van der Waals surface area contributed by atoms with Crippen LogP contribution in [0.1, 0.15) is 11.7 Å². The third-order valence-corrected chi connectivity index (χ3v) is 1.76.